The topological polar surface area (TPSA) is 29.3 Å². The number of hydrogen-bond donors (Lipinski definition) is 1. The first-order valence-corrected chi connectivity index (χ1v) is 7.38. The van der Waals surface area contributed by atoms with E-state index in [-0.39, 0.29) is 10.8 Å². The number of nitrogens with zero attached hydrogens (tertiary/aromatic N) is 1. The maximum atomic E-state index is 13.4. The van der Waals surface area contributed by atoms with Gasteiger partial charge < -0.3 is 10.6 Å². The average Bonchev–Trinajstić information content (AvgIpc) is 3.23. The number of thiocarbonyl (C=S) groups is 1. The van der Waals surface area contributed by atoms with Gasteiger partial charge in [0.1, 0.15) is 10.8 Å². The Morgan fingerprint density at radius 2 is 1.79 bits per heavy atom. The quantitative estimate of drug-likeness (QED) is 0.811. The number of benzene rings is 1. The zero-order valence-corrected chi connectivity index (χ0v) is 11.8. The van der Waals surface area contributed by atoms with E-state index in [0.29, 0.717) is 5.56 Å². The molecule has 19 heavy (non-hydrogen) atoms. The minimum Gasteiger partial charge on any atom is -0.389 e. The molecule has 2 nitrogen and oxygen atoms in total. The molecule has 0 aliphatic heterocycles. The van der Waals surface area contributed by atoms with Crippen molar-refractivity contribution in [2.24, 2.45) is 17.6 Å². The second-order valence-electron chi connectivity index (χ2n) is 5.82. The van der Waals surface area contributed by atoms with Crippen molar-refractivity contribution in [1.29, 1.82) is 0 Å². The second kappa shape index (κ2) is 5.08. The molecule has 0 bridgehead atoms. The fraction of sp³-hybridized carbons (Fsp3) is 0.533. The SMILES string of the molecule is NC(=S)c1cc(F)ccc1N(CC1CC1)CC1CC1. The van der Waals surface area contributed by atoms with Crippen LogP contribution in [0.15, 0.2) is 18.2 Å². The molecular weight excluding hydrogens is 259 g/mol. The minimum atomic E-state index is -0.274. The molecule has 0 saturated heterocycles. The van der Waals surface area contributed by atoms with Crippen molar-refractivity contribution in [2.75, 3.05) is 18.0 Å². The third-order valence-corrected chi connectivity index (χ3v) is 4.14. The van der Waals surface area contributed by atoms with Crippen molar-refractivity contribution in [3.8, 4) is 0 Å². The second-order valence-corrected chi connectivity index (χ2v) is 6.26. The summed E-state index contributed by atoms with van der Waals surface area (Å²) < 4.78 is 13.4. The lowest BCUT2D eigenvalue weighted by atomic mass is 10.1. The van der Waals surface area contributed by atoms with E-state index in [1.165, 1.54) is 37.8 Å². The van der Waals surface area contributed by atoms with E-state index in [2.05, 4.69) is 4.90 Å². The van der Waals surface area contributed by atoms with Gasteiger partial charge in [-0.3, -0.25) is 0 Å². The van der Waals surface area contributed by atoms with Gasteiger partial charge in [-0.15, -0.1) is 0 Å². The van der Waals surface area contributed by atoms with Gasteiger partial charge >= 0.3 is 0 Å². The summed E-state index contributed by atoms with van der Waals surface area (Å²) in [7, 11) is 0. The van der Waals surface area contributed by atoms with E-state index in [0.717, 1.165) is 30.6 Å². The van der Waals surface area contributed by atoms with Crippen molar-refractivity contribution in [3.05, 3.63) is 29.6 Å². The highest BCUT2D eigenvalue weighted by atomic mass is 32.1. The summed E-state index contributed by atoms with van der Waals surface area (Å²) in [5, 5.41) is 0. The molecular formula is C15H19FN2S. The van der Waals surface area contributed by atoms with Crippen LogP contribution in [0.3, 0.4) is 0 Å². The van der Waals surface area contributed by atoms with Gasteiger partial charge in [0, 0.05) is 24.3 Å². The Kier molecular flexibility index (Phi) is 3.44. The zero-order valence-electron chi connectivity index (χ0n) is 10.9. The van der Waals surface area contributed by atoms with Crippen molar-refractivity contribution in [1.82, 2.24) is 0 Å². The van der Waals surface area contributed by atoms with Crippen molar-refractivity contribution in [3.63, 3.8) is 0 Å². The van der Waals surface area contributed by atoms with Gasteiger partial charge in [-0.1, -0.05) is 12.2 Å². The van der Waals surface area contributed by atoms with Crippen LogP contribution in [0.2, 0.25) is 0 Å². The molecule has 0 radical (unpaired) electrons. The lowest BCUT2D eigenvalue weighted by molar-refractivity contribution is 0.625. The summed E-state index contributed by atoms with van der Waals surface area (Å²) in [5.41, 5.74) is 7.44. The molecule has 0 atom stereocenters. The highest BCUT2D eigenvalue weighted by Gasteiger charge is 2.30. The Bertz CT molecular complexity index is 481. The summed E-state index contributed by atoms with van der Waals surface area (Å²) in [6.45, 7) is 2.11. The van der Waals surface area contributed by atoms with Crippen molar-refractivity contribution in [2.45, 2.75) is 25.7 Å². The monoisotopic (exact) mass is 278 g/mol. The molecule has 2 saturated carbocycles. The maximum Gasteiger partial charge on any atom is 0.124 e. The number of rotatable bonds is 6. The van der Waals surface area contributed by atoms with Gasteiger partial charge in [0.05, 0.1) is 0 Å². The molecule has 0 unspecified atom stereocenters. The van der Waals surface area contributed by atoms with Gasteiger partial charge in [-0.25, -0.2) is 4.39 Å². The fourth-order valence-electron chi connectivity index (χ4n) is 2.48. The first-order chi connectivity index (χ1) is 9.13. The van der Waals surface area contributed by atoms with Crippen LogP contribution in [0.25, 0.3) is 0 Å². The van der Waals surface area contributed by atoms with Crippen LogP contribution in [0.1, 0.15) is 31.2 Å². The summed E-state index contributed by atoms with van der Waals surface area (Å²) in [5.74, 6) is 1.32. The molecule has 0 spiro atoms. The highest BCUT2D eigenvalue weighted by Crippen LogP contribution is 2.36. The zero-order chi connectivity index (χ0) is 13.4. The molecule has 0 heterocycles. The molecule has 102 valence electrons. The van der Waals surface area contributed by atoms with Crippen LogP contribution in [0, 0.1) is 17.7 Å². The minimum absolute atomic E-state index is 0.274. The number of anilines is 1. The van der Waals surface area contributed by atoms with E-state index in [1.54, 1.807) is 0 Å². The predicted molar refractivity (Wildman–Crippen MR) is 79.9 cm³/mol. The summed E-state index contributed by atoms with van der Waals surface area (Å²) in [4.78, 5) is 2.65. The Morgan fingerprint density at radius 3 is 2.26 bits per heavy atom. The van der Waals surface area contributed by atoms with E-state index in [4.69, 9.17) is 18.0 Å². The Labute approximate surface area is 118 Å². The van der Waals surface area contributed by atoms with Crippen LogP contribution < -0.4 is 10.6 Å². The molecule has 3 rings (SSSR count). The molecule has 2 aliphatic rings. The molecule has 2 N–H and O–H groups in total. The Morgan fingerprint density at radius 1 is 1.21 bits per heavy atom. The van der Waals surface area contributed by atoms with Crippen molar-refractivity contribution < 1.29 is 4.39 Å². The predicted octanol–water partition coefficient (Wildman–Crippen LogP) is 3.09. The molecule has 0 aromatic heterocycles. The molecule has 2 fully saturated rings. The van der Waals surface area contributed by atoms with Gasteiger partial charge in [-0.2, -0.15) is 0 Å². The van der Waals surface area contributed by atoms with Crippen LogP contribution in [0.5, 0.6) is 0 Å². The molecule has 4 heteroatoms. The van der Waals surface area contributed by atoms with Crippen LogP contribution in [0.4, 0.5) is 10.1 Å². The number of halogens is 1. The standard InChI is InChI=1S/C15H19FN2S/c16-12-5-6-14(13(7-12)15(17)19)18(8-10-1-2-10)9-11-3-4-11/h5-7,10-11H,1-4,8-9H2,(H2,17,19). The number of hydrogen-bond acceptors (Lipinski definition) is 2. The largest absolute Gasteiger partial charge is 0.389 e. The normalized spacial score (nSPS) is 18.4. The highest BCUT2D eigenvalue weighted by molar-refractivity contribution is 7.80. The average molecular weight is 278 g/mol. The molecule has 1 aromatic carbocycles. The van der Waals surface area contributed by atoms with Crippen molar-refractivity contribution >= 4 is 22.9 Å². The van der Waals surface area contributed by atoms with E-state index >= 15 is 0 Å². The Hall–Kier alpha value is -1.16. The van der Waals surface area contributed by atoms with Gasteiger partial charge in [-0.05, 0) is 55.7 Å². The van der Waals surface area contributed by atoms with Gasteiger partial charge in [0.25, 0.3) is 0 Å². The Balaban J connectivity index is 1.88. The van der Waals surface area contributed by atoms with Crippen LogP contribution in [-0.2, 0) is 0 Å². The summed E-state index contributed by atoms with van der Waals surface area (Å²) in [6, 6.07) is 4.79. The van der Waals surface area contributed by atoms with Crippen LogP contribution >= 0.6 is 12.2 Å². The third-order valence-electron chi connectivity index (χ3n) is 3.92. The van der Waals surface area contributed by atoms with E-state index < -0.39 is 0 Å². The summed E-state index contributed by atoms with van der Waals surface area (Å²) >= 11 is 5.07. The molecule has 1 aromatic rings. The lowest BCUT2D eigenvalue weighted by Gasteiger charge is -2.27. The van der Waals surface area contributed by atoms with E-state index in [9.17, 15) is 4.39 Å². The van der Waals surface area contributed by atoms with Gasteiger partial charge in [0.15, 0.2) is 0 Å². The maximum absolute atomic E-state index is 13.4. The number of nitrogens with two attached hydrogens (primary N) is 1. The molecule has 0 amide bonds. The first kappa shape index (κ1) is 12.9. The smallest absolute Gasteiger partial charge is 0.124 e. The molecule has 2 aliphatic carbocycles. The fourth-order valence-corrected chi connectivity index (χ4v) is 2.64. The van der Waals surface area contributed by atoms with Gasteiger partial charge in [0.2, 0.25) is 0 Å². The third kappa shape index (κ3) is 3.24. The van der Waals surface area contributed by atoms with Crippen LogP contribution in [-0.4, -0.2) is 18.1 Å². The lowest BCUT2D eigenvalue weighted by Crippen LogP contribution is -2.30. The van der Waals surface area contributed by atoms with E-state index in [1.807, 2.05) is 6.07 Å². The first-order valence-electron chi connectivity index (χ1n) is 6.98. The summed E-state index contributed by atoms with van der Waals surface area (Å²) in [6.07, 6.45) is 5.24.